The number of Topliss-reactive ketones (excluding diaryl/α,β-unsaturated/α-hetero) is 1. The molecule has 0 radical (unpaired) electrons. The van der Waals surface area contributed by atoms with Crippen molar-refractivity contribution in [1.82, 2.24) is 4.98 Å². The van der Waals surface area contributed by atoms with E-state index in [2.05, 4.69) is 4.98 Å². The fourth-order valence-electron chi connectivity index (χ4n) is 4.48. The van der Waals surface area contributed by atoms with Gasteiger partial charge in [-0.3, -0.25) is 19.5 Å². The highest BCUT2D eigenvalue weighted by Gasteiger charge is 2.47. The van der Waals surface area contributed by atoms with E-state index >= 15 is 0 Å². The van der Waals surface area contributed by atoms with E-state index < -0.39 is 17.7 Å². The maximum atomic E-state index is 13.3. The predicted octanol–water partition coefficient (Wildman–Crippen LogP) is 4.43. The number of fused-ring (bicyclic) bond motifs is 1. The van der Waals surface area contributed by atoms with Crippen molar-refractivity contribution in [3.05, 3.63) is 89.3 Å². The van der Waals surface area contributed by atoms with Gasteiger partial charge in [-0.25, -0.2) is 0 Å². The number of carbonyl (C=O) groups excluding carboxylic acids is 2. The van der Waals surface area contributed by atoms with Gasteiger partial charge in [-0.05, 0) is 79.4 Å². The molecule has 3 heterocycles. The maximum Gasteiger partial charge on any atom is 0.300 e. The van der Waals surface area contributed by atoms with Gasteiger partial charge in [0.15, 0.2) is 0 Å². The molecule has 3 aromatic rings. The lowest BCUT2D eigenvalue weighted by Crippen LogP contribution is -2.29. The SMILES string of the molecule is CCOc1ccc(N2C(=O)C(=O)/C(=C(\O)c3ccc4c(c3)CCCO4)C2c2cccnc2)cc1. The van der Waals surface area contributed by atoms with E-state index in [1.807, 2.05) is 13.0 Å². The van der Waals surface area contributed by atoms with E-state index in [0.717, 1.165) is 24.2 Å². The van der Waals surface area contributed by atoms with Gasteiger partial charge in [0.1, 0.15) is 17.3 Å². The summed E-state index contributed by atoms with van der Waals surface area (Å²) >= 11 is 0. The number of aryl methyl sites for hydroxylation is 1. The number of ether oxygens (including phenoxy) is 2. The number of aliphatic hydroxyl groups excluding tert-OH is 1. The maximum absolute atomic E-state index is 13.3. The molecule has 1 atom stereocenters. The molecule has 1 unspecified atom stereocenters. The van der Waals surface area contributed by atoms with E-state index in [1.165, 1.54) is 4.90 Å². The first-order valence-electron chi connectivity index (χ1n) is 11.3. The van der Waals surface area contributed by atoms with Crippen LogP contribution in [0.15, 0.2) is 72.6 Å². The third kappa shape index (κ3) is 3.79. The Kier molecular flexibility index (Phi) is 5.76. The van der Waals surface area contributed by atoms with Crippen LogP contribution in [0.2, 0.25) is 0 Å². The second-order valence-electron chi connectivity index (χ2n) is 8.16. The number of amides is 1. The third-order valence-electron chi connectivity index (χ3n) is 6.05. The molecule has 1 saturated heterocycles. The summed E-state index contributed by atoms with van der Waals surface area (Å²) in [6.45, 7) is 3.07. The number of aromatic nitrogens is 1. The minimum absolute atomic E-state index is 0.0311. The first-order valence-corrected chi connectivity index (χ1v) is 11.3. The highest BCUT2D eigenvalue weighted by Crippen LogP contribution is 2.42. The van der Waals surface area contributed by atoms with E-state index in [9.17, 15) is 14.7 Å². The minimum Gasteiger partial charge on any atom is -0.507 e. The summed E-state index contributed by atoms with van der Waals surface area (Å²) in [7, 11) is 0. The van der Waals surface area contributed by atoms with Crippen LogP contribution in [0.25, 0.3) is 5.76 Å². The Bertz CT molecular complexity index is 1270. The van der Waals surface area contributed by atoms with Crippen LogP contribution >= 0.6 is 0 Å². The monoisotopic (exact) mass is 456 g/mol. The predicted molar refractivity (Wildman–Crippen MR) is 127 cm³/mol. The Morgan fingerprint density at radius 3 is 2.74 bits per heavy atom. The van der Waals surface area contributed by atoms with Gasteiger partial charge in [0.2, 0.25) is 0 Å². The Balaban J connectivity index is 1.64. The molecule has 0 saturated carbocycles. The molecule has 34 heavy (non-hydrogen) atoms. The smallest absolute Gasteiger partial charge is 0.300 e. The minimum atomic E-state index is -0.820. The van der Waals surface area contributed by atoms with Crippen molar-refractivity contribution < 1.29 is 24.2 Å². The van der Waals surface area contributed by atoms with E-state index in [0.29, 0.717) is 35.8 Å². The van der Waals surface area contributed by atoms with Crippen molar-refractivity contribution in [1.29, 1.82) is 0 Å². The second kappa shape index (κ2) is 9.02. The zero-order valence-electron chi connectivity index (χ0n) is 18.7. The quantitative estimate of drug-likeness (QED) is 0.347. The Hall–Kier alpha value is -4.13. The second-order valence-corrected chi connectivity index (χ2v) is 8.16. The summed E-state index contributed by atoms with van der Waals surface area (Å²) < 4.78 is 11.2. The molecule has 0 spiro atoms. The molecule has 0 aliphatic carbocycles. The molecule has 1 amide bonds. The fourth-order valence-corrected chi connectivity index (χ4v) is 4.48. The van der Waals surface area contributed by atoms with Gasteiger partial charge in [-0.2, -0.15) is 0 Å². The largest absolute Gasteiger partial charge is 0.507 e. The molecule has 1 aromatic heterocycles. The lowest BCUT2D eigenvalue weighted by molar-refractivity contribution is -0.132. The van der Waals surface area contributed by atoms with Gasteiger partial charge in [0, 0.05) is 23.6 Å². The van der Waals surface area contributed by atoms with Crippen molar-refractivity contribution >= 4 is 23.1 Å². The van der Waals surface area contributed by atoms with E-state index in [-0.39, 0.29) is 11.3 Å². The number of carbonyl (C=O) groups is 2. The van der Waals surface area contributed by atoms with Crippen LogP contribution in [0, 0.1) is 0 Å². The summed E-state index contributed by atoms with van der Waals surface area (Å²) in [5.74, 6) is -0.220. The first-order chi connectivity index (χ1) is 16.6. The lowest BCUT2D eigenvalue weighted by Gasteiger charge is -2.25. The lowest BCUT2D eigenvalue weighted by atomic mass is 9.94. The molecule has 2 aliphatic heterocycles. The molecule has 2 aliphatic rings. The summed E-state index contributed by atoms with van der Waals surface area (Å²) in [5.41, 5.74) is 2.62. The molecule has 5 rings (SSSR count). The van der Waals surface area contributed by atoms with Gasteiger partial charge in [0.05, 0.1) is 24.8 Å². The summed E-state index contributed by atoms with van der Waals surface area (Å²) in [6, 6.07) is 15.0. The van der Waals surface area contributed by atoms with Gasteiger partial charge >= 0.3 is 0 Å². The molecule has 0 bridgehead atoms. The van der Waals surface area contributed by atoms with Crippen LogP contribution in [0.3, 0.4) is 0 Å². The molecular weight excluding hydrogens is 432 g/mol. The first kappa shape index (κ1) is 21.7. The van der Waals surface area contributed by atoms with Gasteiger partial charge in [-0.15, -0.1) is 0 Å². The van der Waals surface area contributed by atoms with Crippen LogP contribution in [0.4, 0.5) is 5.69 Å². The van der Waals surface area contributed by atoms with Crippen molar-refractivity contribution in [3.63, 3.8) is 0 Å². The molecule has 2 aromatic carbocycles. The number of pyridine rings is 1. The zero-order chi connectivity index (χ0) is 23.7. The van der Waals surface area contributed by atoms with Crippen molar-refractivity contribution in [2.24, 2.45) is 0 Å². The molecular formula is C27H24N2O5. The Morgan fingerprint density at radius 1 is 1.18 bits per heavy atom. The topological polar surface area (TPSA) is 89.0 Å². The highest BCUT2D eigenvalue weighted by atomic mass is 16.5. The number of anilines is 1. The third-order valence-corrected chi connectivity index (χ3v) is 6.05. The number of ketones is 1. The van der Waals surface area contributed by atoms with E-state index in [4.69, 9.17) is 9.47 Å². The number of aliphatic hydroxyl groups is 1. The average Bonchev–Trinajstić information content (AvgIpc) is 3.15. The standard InChI is InChI=1S/C27H24N2O5/c1-2-33-21-10-8-20(9-11-21)29-24(19-5-3-13-28-16-19)23(26(31)27(29)32)25(30)18-7-12-22-17(15-18)6-4-14-34-22/h3,5,7-13,15-16,24,30H,2,4,6,14H2,1H3/b25-23-. The van der Waals surface area contributed by atoms with Crippen molar-refractivity contribution in [3.8, 4) is 11.5 Å². The van der Waals surface area contributed by atoms with Crippen LogP contribution in [0.1, 0.15) is 36.1 Å². The van der Waals surface area contributed by atoms with Gasteiger partial charge in [0.25, 0.3) is 11.7 Å². The number of benzene rings is 2. The molecule has 7 heteroatoms. The summed E-state index contributed by atoms with van der Waals surface area (Å²) in [5, 5.41) is 11.3. The fraction of sp³-hybridized carbons (Fsp3) is 0.222. The molecule has 172 valence electrons. The average molecular weight is 456 g/mol. The normalized spacial score (nSPS) is 19.0. The Labute approximate surface area is 197 Å². The van der Waals surface area contributed by atoms with E-state index in [1.54, 1.807) is 60.9 Å². The Morgan fingerprint density at radius 2 is 2.00 bits per heavy atom. The van der Waals surface area contributed by atoms with Gasteiger partial charge < -0.3 is 14.6 Å². The van der Waals surface area contributed by atoms with Crippen LogP contribution in [-0.4, -0.2) is 35.0 Å². The number of hydrogen-bond donors (Lipinski definition) is 1. The molecule has 1 fully saturated rings. The van der Waals surface area contributed by atoms with Crippen LogP contribution in [0.5, 0.6) is 11.5 Å². The summed E-state index contributed by atoms with van der Waals surface area (Å²) in [4.78, 5) is 32.1. The van der Waals surface area contributed by atoms with Crippen molar-refractivity contribution in [2.75, 3.05) is 18.1 Å². The molecule has 1 N–H and O–H groups in total. The highest BCUT2D eigenvalue weighted by molar-refractivity contribution is 6.51. The zero-order valence-corrected chi connectivity index (χ0v) is 18.7. The van der Waals surface area contributed by atoms with Crippen LogP contribution < -0.4 is 14.4 Å². The molecule has 7 nitrogen and oxygen atoms in total. The van der Waals surface area contributed by atoms with Crippen LogP contribution in [-0.2, 0) is 16.0 Å². The number of hydrogen-bond acceptors (Lipinski definition) is 6. The number of nitrogens with zero attached hydrogens (tertiary/aromatic N) is 2. The summed E-state index contributed by atoms with van der Waals surface area (Å²) in [6.07, 6.45) is 4.93. The number of rotatable bonds is 5. The van der Waals surface area contributed by atoms with Gasteiger partial charge in [-0.1, -0.05) is 6.07 Å². The van der Waals surface area contributed by atoms with Crippen molar-refractivity contribution in [2.45, 2.75) is 25.8 Å².